The van der Waals surface area contributed by atoms with Crippen LogP contribution in [0.15, 0.2) is 18.2 Å². The van der Waals surface area contributed by atoms with E-state index in [0.29, 0.717) is 12.1 Å². The number of carbonyl (C=O) groups is 1. The molecule has 0 atom stereocenters. The molecule has 88 valence electrons. The van der Waals surface area contributed by atoms with Crippen LogP contribution >= 0.6 is 0 Å². The summed E-state index contributed by atoms with van der Waals surface area (Å²) in [5.74, 6) is -1.08. The number of carbonyl (C=O) groups excluding carboxylic acids is 1. The van der Waals surface area contributed by atoms with Crippen molar-refractivity contribution in [1.82, 2.24) is 0 Å². The van der Waals surface area contributed by atoms with Gasteiger partial charge in [0.1, 0.15) is 11.6 Å². The number of alkyl halides is 3. The molecular weight excluding hydrogens is 224 g/mol. The highest BCUT2D eigenvalue weighted by molar-refractivity contribution is 5.80. The molecule has 5 heteroatoms. The molecule has 0 spiro atoms. The molecule has 0 aromatic heterocycles. The lowest BCUT2D eigenvalue weighted by Crippen LogP contribution is -2.08. The molecule has 0 aliphatic heterocycles. The maximum absolute atomic E-state index is 13.1. The molecule has 0 amide bonds. The van der Waals surface area contributed by atoms with Crippen LogP contribution in [-0.2, 0) is 17.4 Å². The lowest BCUT2D eigenvalue weighted by atomic mass is 10.0. The van der Waals surface area contributed by atoms with Crippen LogP contribution in [-0.4, -0.2) is 5.78 Å². The van der Waals surface area contributed by atoms with Gasteiger partial charge in [0.2, 0.25) is 0 Å². The standard InChI is InChI=1S/C11H10F4O/c1-2-9(16)6-7-5-8(11(13,14)15)3-4-10(7)12/h3-5H,2,6H2,1H3. The van der Waals surface area contributed by atoms with Gasteiger partial charge in [-0.25, -0.2) is 4.39 Å². The van der Waals surface area contributed by atoms with Crippen LogP contribution in [0.5, 0.6) is 0 Å². The van der Waals surface area contributed by atoms with E-state index in [-0.39, 0.29) is 24.2 Å². The van der Waals surface area contributed by atoms with Gasteiger partial charge < -0.3 is 0 Å². The molecule has 0 unspecified atom stereocenters. The van der Waals surface area contributed by atoms with Crippen molar-refractivity contribution in [1.29, 1.82) is 0 Å². The van der Waals surface area contributed by atoms with Crippen LogP contribution in [0.3, 0.4) is 0 Å². The summed E-state index contributed by atoms with van der Waals surface area (Å²) in [5.41, 5.74) is -1.14. The van der Waals surface area contributed by atoms with Gasteiger partial charge in [-0.1, -0.05) is 6.92 Å². The minimum atomic E-state index is -4.52. The molecule has 16 heavy (non-hydrogen) atoms. The summed E-state index contributed by atoms with van der Waals surface area (Å²) in [5, 5.41) is 0. The maximum Gasteiger partial charge on any atom is 0.416 e. The normalized spacial score (nSPS) is 11.6. The van der Waals surface area contributed by atoms with Gasteiger partial charge in [-0.2, -0.15) is 13.2 Å². The Labute approximate surface area is 90.1 Å². The Bertz CT molecular complexity index is 395. The first-order valence-corrected chi connectivity index (χ1v) is 4.72. The van der Waals surface area contributed by atoms with Crippen LogP contribution < -0.4 is 0 Å². The summed E-state index contributed by atoms with van der Waals surface area (Å²) < 4.78 is 50.1. The van der Waals surface area contributed by atoms with E-state index in [1.807, 2.05) is 0 Å². The first kappa shape index (κ1) is 12.7. The zero-order valence-electron chi connectivity index (χ0n) is 8.57. The molecule has 0 radical (unpaired) electrons. The van der Waals surface area contributed by atoms with Crippen molar-refractivity contribution in [3.05, 3.63) is 35.1 Å². The van der Waals surface area contributed by atoms with Crippen LogP contribution in [0, 0.1) is 5.82 Å². The highest BCUT2D eigenvalue weighted by atomic mass is 19.4. The van der Waals surface area contributed by atoms with Crippen molar-refractivity contribution in [3.63, 3.8) is 0 Å². The van der Waals surface area contributed by atoms with E-state index >= 15 is 0 Å². The van der Waals surface area contributed by atoms with Gasteiger partial charge in [-0.3, -0.25) is 4.79 Å². The molecule has 1 aromatic carbocycles. The van der Waals surface area contributed by atoms with Crippen molar-refractivity contribution in [2.75, 3.05) is 0 Å². The second-order valence-electron chi connectivity index (χ2n) is 3.37. The van der Waals surface area contributed by atoms with E-state index in [2.05, 4.69) is 0 Å². The van der Waals surface area contributed by atoms with Gasteiger partial charge in [-0.15, -0.1) is 0 Å². The monoisotopic (exact) mass is 234 g/mol. The largest absolute Gasteiger partial charge is 0.416 e. The molecule has 1 aromatic rings. The fourth-order valence-corrected chi connectivity index (χ4v) is 1.22. The number of halogens is 4. The molecule has 0 fully saturated rings. The number of benzene rings is 1. The molecule has 0 heterocycles. The highest BCUT2D eigenvalue weighted by Gasteiger charge is 2.31. The molecule has 0 saturated heterocycles. The second-order valence-corrected chi connectivity index (χ2v) is 3.37. The van der Waals surface area contributed by atoms with Gasteiger partial charge in [0.25, 0.3) is 0 Å². The quantitative estimate of drug-likeness (QED) is 0.733. The minimum absolute atomic E-state index is 0.176. The number of ketones is 1. The minimum Gasteiger partial charge on any atom is -0.299 e. The van der Waals surface area contributed by atoms with Crippen LogP contribution in [0.2, 0.25) is 0 Å². The summed E-state index contributed by atoms with van der Waals surface area (Å²) >= 11 is 0. The Morgan fingerprint density at radius 3 is 2.44 bits per heavy atom. The Kier molecular flexibility index (Phi) is 3.67. The third kappa shape index (κ3) is 3.05. The molecule has 1 rings (SSSR count). The first-order valence-electron chi connectivity index (χ1n) is 4.72. The van der Waals surface area contributed by atoms with Gasteiger partial charge in [0, 0.05) is 12.8 Å². The van der Waals surface area contributed by atoms with Gasteiger partial charge in [-0.05, 0) is 23.8 Å². The van der Waals surface area contributed by atoms with E-state index in [1.54, 1.807) is 6.92 Å². The van der Waals surface area contributed by atoms with E-state index in [4.69, 9.17) is 0 Å². The molecule has 0 bridgehead atoms. The van der Waals surface area contributed by atoms with Crippen molar-refractivity contribution in [3.8, 4) is 0 Å². The van der Waals surface area contributed by atoms with Crippen molar-refractivity contribution < 1.29 is 22.4 Å². The number of rotatable bonds is 3. The molecule has 0 N–H and O–H groups in total. The second kappa shape index (κ2) is 4.63. The van der Waals surface area contributed by atoms with Gasteiger partial charge in [0.15, 0.2) is 0 Å². The average molecular weight is 234 g/mol. The summed E-state index contributed by atoms with van der Waals surface area (Å²) in [6, 6.07) is 2.08. The fourth-order valence-electron chi connectivity index (χ4n) is 1.22. The predicted molar refractivity (Wildman–Crippen MR) is 50.4 cm³/mol. The molecular formula is C11H10F4O. The smallest absolute Gasteiger partial charge is 0.299 e. The van der Waals surface area contributed by atoms with Crippen molar-refractivity contribution in [2.24, 2.45) is 0 Å². The predicted octanol–water partition coefficient (Wildman–Crippen LogP) is 3.37. The first-order chi connectivity index (χ1) is 7.34. The van der Waals surface area contributed by atoms with E-state index in [9.17, 15) is 22.4 Å². The molecule has 1 nitrogen and oxygen atoms in total. The summed E-state index contributed by atoms with van der Waals surface area (Å²) in [4.78, 5) is 11.0. The van der Waals surface area contributed by atoms with Crippen molar-refractivity contribution in [2.45, 2.75) is 25.9 Å². The van der Waals surface area contributed by atoms with E-state index < -0.39 is 17.6 Å². The Hall–Kier alpha value is -1.39. The fraction of sp³-hybridized carbons (Fsp3) is 0.364. The Morgan fingerprint density at radius 1 is 1.31 bits per heavy atom. The zero-order chi connectivity index (χ0) is 12.3. The average Bonchev–Trinajstić information content (AvgIpc) is 2.19. The maximum atomic E-state index is 13.1. The summed E-state index contributed by atoms with van der Waals surface area (Å²) in [7, 11) is 0. The van der Waals surface area contributed by atoms with Crippen LogP contribution in [0.1, 0.15) is 24.5 Å². The topological polar surface area (TPSA) is 17.1 Å². The molecule has 0 saturated carbocycles. The zero-order valence-corrected chi connectivity index (χ0v) is 8.57. The lowest BCUT2D eigenvalue weighted by molar-refractivity contribution is -0.137. The SMILES string of the molecule is CCC(=O)Cc1cc(C(F)(F)F)ccc1F. The third-order valence-electron chi connectivity index (χ3n) is 2.16. The number of Topliss-reactive ketones (excluding diaryl/α,β-unsaturated/α-hetero) is 1. The van der Waals surface area contributed by atoms with Gasteiger partial charge in [0.05, 0.1) is 5.56 Å². The Balaban J connectivity index is 3.04. The van der Waals surface area contributed by atoms with Crippen LogP contribution in [0.4, 0.5) is 17.6 Å². The van der Waals surface area contributed by atoms with E-state index in [1.165, 1.54) is 0 Å². The van der Waals surface area contributed by atoms with E-state index in [0.717, 1.165) is 6.07 Å². The summed E-state index contributed by atoms with van der Waals surface area (Å²) in [6.07, 6.45) is -4.64. The number of hydrogen-bond acceptors (Lipinski definition) is 1. The molecule has 0 aliphatic rings. The molecule has 0 aliphatic carbocycles. The third-order valence-corrected chi connectivity index (χ3v) is 2.16. The van der Waals surface area contributed by atoms with Crippen molar-refractivity contribution >= 4 is 5.78 Å². The Morgan fingerprint density at radius 2 is 1.94 bits per heavy atom. The lowest BCUT2D eigenvalue weighted by Gasteiger charge is -2.09. The van der Waals surface area contributed by atoms with Crippen LogP contribution in [0.25, 0.3) is 0 Å². The van der Waals surface area contributed by atoms with Gasteiger partial charge >= 0.3 is 6.18 Å². The highest BCUT2D eigenvalue weighted by Crippen LogP contribution is 2.30. The summed E-state index contributed by atoms with van der Waals surface area (Å²) in [6.45, 7) is 1.58. The number of hydrogen-bond donors (Lipinski definition) is 0.